The van der Waals surface area contributed by atoms with Crippen LogP contribution in [0.15, 0.2) is 35.9 Å². The predicted molar refractivity (Wildman–Crippen MR) is 92.9 cm³/mol. The molecular weight excluding hydrogens is 288 g/mol. The standard InChI is InChI=1S/C19H28N2O2/c1-3-4-15(2)19(23)20-13-16-5-7-17(8-6-16)14-21-11-9-18(22)10-12-21/h4-8,18,22H,3,9-14H2,1-2H3,(H,20,23)/b15-4-. The first-order valence-corrected chi connectivity index (χ1v) is 8.51. The average Bonchev–Trinajstić information content (AvgIpc) is 2.56. The van der Waals surface area contributed by atoms with Crippen LogP contribution < -0.4 is 5.32 Å². The number of nitrogens with one attached hydrogen (secondary N) is 1. The van der Waals surface area contributed by atoms with E-state index in [1.807, 2.05) is 19.9 Å². The maximum atomic E-state index is 11.9. The third-order valence-corrected chi connectivity index (χ3v) is 4.31. The third kappa shape index (κ3) is 5.81. The summed E-state index contributed by atoms with van der Waals surface area (Å²) >= 11 is 0. The zero-order valence-corrected chi connectivity index (χ0v) is 14.2. The van der Waals surface area contributed by atoms with Crippen molar-refractivity contribution in [1.82, 2.24) is 10.2 Å². The number of piperidine rings is 1. The Morgan fingerprint density at radius 1 is 1.26 bits per heavy atom. The molecule has 1 aliphatic rings. The van der Waals surface area contributed by atoms with Crippen molar-refractivity contribution in [3.05, 3.63) is 47.0 Å². The van der Waals surface area contributed by atoms with Gasteiger partial charge in [-0.1, -0.05) is 37.3 Å². The quantitative estimate of drug-likeness (QED) is 0.793. The summed E-state index contributed by atoms with van der Waals surface area (Å²) in [6.07, 6.45) is 4.43. The molecule has 0 spiro atoms. The van der Waals surface area contributed by atoms with Crippen molar-refractivity contribution in [2.75, 3.05) is 13.1 Å². The van der Waals surface area contributed by atoms with Crippen molar-refractivity contribution >= 4 is 5.91 Å². The van der Waals surface area contributed by atoms with Crippen LogP contribution in [0.2, 0.25) is 0 Å². The summed E-state index contributed by atoms with van der Waals surface area (Å²) in [5.74, 6) is 0.00259. The summed E-state index contributed by atoms with van der Waals surface area (Å²) in [6, 6.07) is 8.41. The SMILES string of the molecule is CC/C=C(/C)C(=O)NCc1ccc(CN2CCC(O)CC2)cc1. The van der Waals surface area contributed by atoms with E-state index < -0.39 is 0 Å². The molecule has 1 aromatic carbocycles. The molecule has 1 aliphatic heterocycles. The monoisotopic (exact) mass is 316 g/mol. The Morgan fingerprint density at radius 3 is 2.48 bits per heavy atom. The number of hydrogen-bond donors (Lipinski definition) is 2. The number of benzene rings is 1. The van der Waals surface area contributed by atoms with Crippen LogP contribution in [-0.4, -0.2) is 35.1 Å². The molecule has 0 aromatic heterocycles. The summed E-state index contributed by atoms with van der Waals surface area (Å²) in [5.41, 5.74) is 3.16. The molecule has 4 nitrogen and oxygen atoms in total. The summed E-state index contributed by atoms with van der Waals surface area (Å²) in [6.45, 7) is 7.28. The summed E-state index contributed by atoms with van der Waals surface area (Å²) in [5, 5.41) is 12.5. The number of carbonyl (C=O) groups is 1. The van der Waals surface area contributed by atoms with Crippen molar-refractivity contribution in [3.63, 3.8) is 0 Å². The largest absolute Gasteiger partial charge is 0.393 e. The number of rotatable bonds is 6. The fraction of sp³-hybridized carbons (Fsp3) is 0.526. The molecule has 1 aromatic rings. The molecule has 0 saturated carbocycles. The van der Waals surface area contributed by atoms with E-state index in [-0.39, 0.29) is 12.0 Å². The van der Waals surface area contributed by atoms with Crippen LogP contribution >= 0.6 is 0 Å². The Labute approximate surface area is 139 Å². The topological polar surface area (TPSA) is 52.6 Å². The number of aliphatic hydroxyl groups excluding tert-OH is 1. The first-order chi connectivity index (χ1) is 11.1. The zero-order chi connectivity index (χ0) is 16.7. The second-order valence-corrected chi connectivity index (χ2v) is 6.30. The zero-order valence-electron chi connectivity index (χ0n) is 14.2. The van der Waals surface area contributed by atoms with Gasteiger partial charge in [0.1, 0.15) is 0 Å². The number of aliphatic hydroxyl groups is 1. The van der Waals surface area contributed by atoms with Gasteiger partial charge >= 0.3 is 0 Å². The summed E-state index contributed by atoms with van der Waals surface area (Å²) in [7, 11) is 0. The van der Waals surface area contributed by atoms with Gasteiger partial charge in [-0.2, -0.15) is 0 Å². The fourth-order valence-electron chi connectivity index (χ4n) is 2.82. The Kier molecular flexibility index (Phi) is 6.81. The lowest BCUT2D eigenvalue weighted by atomic mass is 10.1. The normalized spacial score (nSPS) is 17.3. The number of likely N-dealkylation sites (tertiary alicyclic amines) is 1. The molecule has 0 unspecified atom stereocenters. The molecule has 1 heterocycles. The molecule has 2 rings (SSSR count). The predicted octanol–water partition coefficient (Wildman–Crippen LogP) is 2.62. The van der Waals surface area contributed by atoms with Crippen LogP contribution in [0.1, 0.15) is 44.2 Å². The maximum Gasteiger partial charge on any atom is 0.246 e. The molecule has 4 heteroatoms. The van der Waals surface area contributed by atoms with E-state index in [2.05, 4.69) is 34.5 Å². The molecule has 0 radical (unpaired) electrons. The Hall–Kier alpha value is -1.65. The minimum atomic E-state index is -0.123. The second kappa shape index (κ2) is 8.85. The van der Waals surface area contributed by atoms with Gasteiger partial charge in [-0.05, 0) is 37.3 Å². The lowest BCUT2D eigenvalue weighted by molar-refractivity contribution is -0.117. The first-order valence-electron chi connectivity index (χ1n) is 8.51. The minimum Gasteiger partial charge on any atom is -0.393 e. The van der Waals surface area contributed by atoms with Gasteiger partial charge in [0.25, 0.3) is 0 Å². The van der Waals surface area contributed by atoms with E-state index in [4.69, 9.17) is 0 Å². The van der Waals surface area contributed by atoms with E-state index in [1.165, 1.54) is 5.56 Å². The lowest BCUT2D eigenvalue weighted by Crippen LogP contribution is -2.35. The van der Waals surface area contributed by atoms with Gasteiger partial charge in [-0.15, -0.1) is 0 Å². The Morgan fingerprint density at radius 2 is 1.87 bits per heavy atom. The Balaban J connectivity index is 1.80. The van der Waals surface area contributed by atoms with E-state index in [1.54, 1.807) is 0 Å². The van der Waals surface area contributed by atoms with Crippen molar-refractivity contribution in [3.8, 4) is 0 Å². The minimum absolute atomic E-state index is 0.00259. The van der Waals surface area contributed by atoms with E-state index >= 15 is 0 Å². The van der Waals surface area contributed by atoms with E-state index in [9.17, 15) is 9.90 Å². The Bertz CT molecular complexity index is 529. The van der Waals surface area contributed by atoms with Crippen molar-refractivity contribution in [1.29, 1.82) is 0 Å². The lowest BCUT2D eigenvalue weighted by Gasteiger charge is -2.29. The van der Waals surface area contributed by atoms with Gasteiger partial charge in [0.2, 0.25) is 5.91 Å². The van der Waals surface area contributed by atoms with Gasteiger partial charge in [0, 0.05) is 31.8 Å². The molecule has 1 fully saturated rings. The number of nitrogens with zero attached hydrogens (tertiary/aromatic N) is 1. The van der Waals surface area contributed by atoms with Crippen LogP contribution in [0, 0.1) is 0 Å². The van der Waals surface area contributed by atoms with Crippen molar-refractivity contribution in [2.45, 2.75) is 52.3 Å². The first kappa shape index (κ1) is 17.7. The molecule has 0 bridgehead atoms. The molecule has 0 atom stereocenters. The van der Waals surface area contributed by atoms with Crippen LogP contribution in [0.25, 0.3) is 0 Å². The smallest absolute Gasteiger partial charge is 0.246 e. The van der Waals surface area contributed by atoms with E-state index in [0.717, 1.165) is 50.0 Å². The van der Waals surface area contributed by atoms with Gasteiger partial charge in [-0.3, -0.25) is 9.69 Å². The van der Waals surface area contributed by atoms with Crippen LogP contribution in [0.5, 0.6) is 0 Å². The van der Waals surface area contributed by atoms with Crippen LogP contribution in [0.4, 0.5) is 0 Å². The summed E-state index contributed by atoms with van der Waals surface area (Å²) in [4.78, 5) is 14.2. The molecule has 2 N–H and O–H groups in total. The number of carbonyl (C=O) groups excluding carboxylic acids is 1. The molecule has 23 heavy (non-hydrogen) atoms. The number of amides is 1. The highest BCUT2D eigenvalue weighted by Gasteiger charge is 2.16. The van der Waals surface area contributed by atoms with Gasteiger partial charge < -0.3 is 10.4 Å². The van der Waals surface area contributed by atoms with Gasteiger partial charge in [0.05, 0.1) is 6.10 Å². The number of hydrogen-bond acceptors (Lipinski definition) is 3. The molecule has 0 aliphatic carbocycles. The molecule has 1 amide bonds. The fourth-order valence-corrected chi connectivity index (χ4v) is 2.82. The van der Waals surface area contributed by atoms with Crippen LogP contribution in [0.3, 0.4) is 0 Å². The van der Waals surface area contributed by atoms with Gasteiger partial charge in [0.15, 0.2) is 0 Å². The highest BCUT2D eigenvalue weighted by molar-refractivity contribution is 5.92. The highest BCUT2D eigenvalue weighted by Crippen LogP contribution is 2.14. The van der Waals surface area contributed by atoms with E-state index in [0.29, 0.717) is 6.54 Å². The molecule has 1 saturated heterocycles. The number of allylic oxidation sites excluding steroid dienone is 1. The van der Waals surface area contributed by atoms with Crippen molar-refractivity contribution < 1.29 is 9.90 Å². The van der Waals surface area contributed by atoms with Crippen LogP contribution in [-0.2, 0) is 17.9 Å². The summed E-state index contributed by atoms with van der Waals surface area (Å²) < 4.78 is 0. The third-order valence-electron chi connectivity index (χ3n) is 4.31. The second-order valence-electron chi connectivity index (χ2n) is 6.30. The van der Waals surface area contributed by atoms with Crippen molar-refractivity contribution in [2.24, 2.45) is 0 Å². The van der Waals surface area contributed by atoms with Gasteiger partial charge in [-0.25, -0.2) is 0 Å². The highest BCUT2D eigenvalue weighted by atomic mass is 16.3. The average molecular weight is 316 g/mol. The molecular formula is C19H28N2O2. The maximum absolute atomic E-state index is 11.9. The molecule has 126 valence electrons.